The Labute approximate surface area is 167 Å². The number of ether oxygens (including phenoxy) is 2. The Morgan fingerprint density at radius 2 is 1.83 bits per heavy atom. The summed E-state index contributed by atoms with van der Waals surface area (Å²) in [5.41, 5.74) is 4.17. The number of methoxy groups -OCH3 is 1. The van der Waals surface area contributed by atoms with Gasteiger partial charge < -0.3 is 14.6 Å². The number of phenols is 1. The molecule has 0 aliphatic rings. The number of rotatable bonds is 7. The molecule has 3 aromatic carbocycles. The van der Waals surface area contributed by atoms with Gasteiger partial charge in [-0.25, -0.2) is 9.82 Å². The molecule has 0 heterocycles. The number of carbonyl (C=O) groups is 1. The maximum absolute atomic E-state index is 13.1. The molecule has 0 aliphatic carbocycles. The number of nitrogens with one attached hydrogen (secondary N) is 1. The summed E-state index contributed by atoms with van der Waals surface area (Å²) < 4.78 is 24.3. The Bertz CT molecular complexity index is 1000. The van der Waals surface area contributed by atoms with Crippen molar-refractivity contribution in [3.05, 3.63) is 89.2 Å². The molecular formula is C22H19FN2O4. The van der Waals surface area contributed by atoms with Crippen LogP contribution in [0.5, 0.6) is 17.2 Å². The van der Waals surface area contributed by atoms with Gasteiger partial charge in [-0.2, -0.15) is 5.10 Å². The lowest BCUT2D eigenvalue weighted by molar-refractivity contribution is 0.0955. The van der Waals surface area contributed by atoms with Gasteiger partial charge in [-0.15, -0.1) is 0 Å². The molecular weight excluding hydrogens is 375 g/mol. The summed E-state index contributed by atoms with van der Waals surface area (Å²) in [5, 5.41) is 13.3. The molecule has 3 rings (SSSR count). The lowest BCUT2D eigenvalue weighted by atomic mass is 10.2. The summed E-state index contributed by atoms with van der Waals surface area (Å²) >= 11 is 0. The van der Waals surface area contributed by atoms with Crippen molar-refractivity contribution >= 4 is 12.1 Å². The summed E-state index contributed by atoms with van der Waals surface area (Å²) in [6, 6.07) is 17.1. The molecule has 0 atom stereocenters. The minimum atomic E-state index is -0.419. The van der Waals surface area contributed by atoms with Crippen LogP contribution in [-0.2, 0) is 6.61 Å². The van der Waals surface area contributed by atoms with Crippen LogP contribution in [0.4, 0.5) is 4.39 Å². The molecule has 0 fully saturated rings. The number of hydrogen-bond acceptors (Lipinski definition) is 5. The van der Waals surface area contributed by atoms with Gasteiger partial charge in [-0.05, 0) is 54.1 Å². The zero-order valence-corrected chi connectivity index (χ0v) is 15.6. The number of amides is 1. The van der Waals surface area contributed by atoms with E-state index in [0.29, 0.717) is 22.6 Å². The van der Waals surface area contributed by atoms with Crippen LogP contribution in [0.1, 0.15) is 21.5 Å². The number of phenolic OH excluding ortho intramolecular Hbond substituents is 1. The Hall–Kier alpha value is -3.87. The van der Waals surface area contributed by atoms with Crippen LogP contribution in [0.2, 0.25) is 0 Å². The van der Waals surface area contributed by atoms with Gasteiger partial charge in [0, 0.05) is 11.1 Å². The fourth-order valence-corrected chi connectivity index (χ4v) is 2.52. The largest absolute Gasteiger partial charge is 0.508 e. The van der Waals surface area contributed by atoms with Gasteiger partial charge in [0.25, 0.3) is 5.91 Å². The SMILES string of the molecule is COc1cccc(/C=N/NC(=O)c2ccc(O)cc2)c1OCc1ccc(F)cc1. The molecule has 0 aromatic heterocycles. The maximum atomic E-state index is 13.1. The first-order valence-corrected chi connectivity index (χ1v) is 8.73. The Morgan fingerprint density at radius 3 is 2.52 bits per heavy atom. The standard InChI is InChI=1S/C22H19FN2O4/c1-28-20-4-2-3-17(21(20)29-14-15-5-9-18(23)10-6-15)13-24-25-22(27)16-7-11-19(26)12-8-16/h2-13,26H,14H2,1H3,(H,25,27)/b24-13+. The van der Waals surface area contributed by atoms with Crippen LogP contribution >= 0.6 is 0 Å². The third kappa shape index (κ3) is 5.32. The third-order valence-electron chi connectivity index (χ3n) is 4.02. The number of halogens is 1. The summed E-state index contributed by atoms with van der Waals surface area (Å²) in [4.78, 5) is 12.1. The molecule has 0 spiro atoms. The molecule has 0 bridgehead atoms. The lowest BCUT2D eigenvalue weighted by Gasteiger charge is -2.13. The van der Waals surface area contributed by atoms with Crippen molar-refractivity contribution in [3.8, 4) is 17.2 Å². The highest BCUT2D eigenvalue weighted by Crippen LogP contribution is 2.30. The molecule has 0 aliphatic heterocycles. The third-order valence-corrected chi connectivity index (χ3v) is 4.02. The number of hydrogen-bond donors (Lipinski definition) is 2. The number of para-hydroxylation sites is 1. The topological polar surface area (TPSA) is 80.2 Å². The van der Waals surface area contributed by atoms with E-state index in [9.17, 15) is 14.3 Å². The molecule has 0 radical (unpaired) electrons. The number of carbonyl (C=O) groups excluding carboxylic acids is 1. The second kappa shape index (κ2) is 9.36. The van der Waals surface area contributed by atoms with Gasteiger partial charge in [0.2, 0.25) is 0 Å². The van der Waals surface area contributed by atoms with Crippen molar-refractivity contribution in [1.82, 2.24) is 5.43 Å². The van der Waals surface area contributed by atoms with Gasteiger partial charge in [0.15, 0.2) is 11.5 Å². The van der Waals surface area contributed by atoms with Gasteiger partial charge >= 0.3 is 0 Å². The van der Waals surface area contributed by atoms with E-state index in [4.69, 9.17) is 9.47 Å². The van der Waals surface area contributed by atoms with Crippen LogP contribution in [0.3, 0.4) is 0 Å². The predicted octanol–water partition coefficient (Wildman–Crippen LogP) is 3.88. The van der Waals surface area contributed by atoms with Crippen molar-refractivity contribution in [2.45, 2.75) is 6.61 Å². The van der Waals surface area contributed by atoms with E-state index in [1.165, 1.54) is 49.7 Å². The summed E-state index contributed by atoms with van der Waals surface area (Å²) in [6.07, 6.45) is 1.45. The van der Waals surface area contributed by atoms with Crippen molar-refractivity contribution in [2.75, 3.05) is 7.11 Å². The molecule has 3 aromatic rings. The van der Waals surface area contributed by atoms with E-state index >= 15 is 0 Å². The van der Waals surface area contributed by atoms with Crippen molar-refractivity contribution in [1.29, 1.82) is 0 Å². The highest BCUT2D eigenvalue weighted by Gasteiger charge is 2.10. The van der Waals surface area contributed by atoms with Crippen LogP contribution < -0.4 is 14.9 Å². The first kappa shape index (κ1) is 19.9. The molecule has 0 saturated carbocycles. The van der Waals surface area contributed by atoms with Gasteiger partial charge in [0.1, 0.15) is 18.2 Å². The summed E-state index contributed by atoms with van der Waals surface area (Å²) in [6.45, 7) is 0.210. The van der Waals surface area contributed by atoms with E-state index < -0.39 is 5.91 Å². The van der Waals surface area contributed by atoms with Crippen LogP contribution in [0.15, 0.2) is 71.8 Å². The quantitative estimate of drug-likeness (QED) is 0.471. The van der Waals surface area contributed by atoms with E-state index in [2.05, 4.69) is 10.5 Å². The normalized spacial score (nSPS) is 10.7. The van der Waals surface area contributed by atoms with E-state index in [0.717, 1.165) is 5.56 Å². The zero-order chi connectivity index (χ0) is 20.6. The minimum absolute atomic E-state index is 0.0735. The molecule has 148 valence electrons. The monoisotopic (exact) mass is 394 g/mol. The van der Waals surface area contributed by atoms with Crippen LogP contribution in [0.25, 0.3) is 0 Å². The van der Waals surface area contributed by atoms with Crippen molar-refractivity contribution < 1.29 is 23.8 Å². The smallest absolute Gasteiger partial charge is 0.271 e. The number of benzene rings is 3. The van der Waals surface area contributed by atoms with Gasteiger partial charge in [0.05, 0.1) is 13.3 Å². The molecule has 6 nitrogen and oxygen atoms in total. The summed E-state index contributed by atoms with van der Waals surface area (Å²) in [7, 11) is 1.52. The first-order valence-electron chi connectivity index (χ1n) is 8.73. The average Bonchev–Trinajstić information content (AvgIpc) is 2.74. The van der Waals surface area contributed by atoms with Crippen LogP contribution in [-0.4, -0.2) is 24.3 Å². The van der Waals surface area contributed by atoms with Crippen LogP contribution in [0, 0.1) is 5.82 Å². The number of hydrazone groups is 1. The Kier molecular flexibility index (Phi) is 6.42. The average molecular weight is 394 g/mol. The van der Waals surface area contributed by atoms with Gasteiger partial charge in [-0.1, -0.05) is 18.2 Å². The fraction of sp³-hybridized carbons (Fsp3) is 0.0909. The lowest BCUT2D eigenvalue weighted by Crippen LogP contribution is -2.17. The minimum Gasteiger partial charge on any atom is -0.508 e. The zero-order valence-electron chi connectivity index (χ0n) is 15.6. The van der Waals surface area contributed by atoms with Crippen molar-refractivity contribution in [3.63, 3.8) is 0 Å². The molecule has 0 saturated heterocycles. The number of aromatic hydroxyl groups is 1. The number of nitrogens with zero attached hydrogens (tertiary/aromatic N) is 1. The Balaban J connectivity index is 1.72. The second-order valence-electron chi connectivity index (χ2n) is 6.04. The highest BCUT2D eigenvalue weighted by molar-refractivity contribution is 5.95. The molecule has 0 unspecified atom stereocenters. The molecule has 29 heavy (non-hydrogen) atoms. The van der Waals surface area contributed by atoms with E-state index in [1.54, 1.807) is 30.3 Å². The fourth-order valence-electron chi connectivity index (χ4n) is 2.52. The summed E-state index contributed by atoms with van der Waals surface area (Å²) in [5.74, 6) is 0.286. The van der Waals surface area contributed by atoms with Crippen molar-refractivity contribution in [2.24, 2.45) is 5.10 Å². The Morgan fingerprint density at radius 1 is 1.10 bits per heavy atom. The molecule has 1 amide bonds. The highest BCUT2D eigenvalue weighted by atomic mass is 19.1. The molecule has 2 N–H and O–H groups in total. The van der Waals surface area contributed by atoms with Gasteiger partial charge in [-0.3, -0.25) is 4.79 Å². The van der Waals surface area contributed by atoms with E-state index in [-0.39, 0.29) is 18.2 Å². The maximum Gasteiger partial charge on any atom is 0.271 e. The first-order chi connectivity index (χ1) is 14.1. The molecule has 7 heteroatoms. The van der Waals surface area contributed by atoms with E-state index in [1.807, 2.05) is 0 Å². The predicted molar refractivity (Wildman–Crippen MR) is 107 cm³/mol. The second-order valence-corrected chi connectivity index (χ2v) is 6.04.